The molecule has 2 aromatic carbocycles. The minimum Gasteiger partial charge on any atom is -0.493 e. The van der Waals surface area contributed by atoms with Gasteiger partial charge in [0.1, 0.15) is 0 Å². The van der Waals surface area contributed by atoms with E-state index in [1.807, 2.05) is 0 Å². The van der Waals surface area contributed by atoms with Crippen molar-refractivity contribution >= 4 is 5.91 Å². The Labute approximate surface area is 175 Å². The lowest BCUT2D eigenvalue weighted by Gasteiger charge is -2.36. The zero-order valence-corrected chi connectivity index (χ0v) is 16.4. The van der Waals surface area contributed by atoms with Crippen molar-refractivity contribution in [2.75, 3.05) is 26.8 Å². The van der Waals surface area contributed by atoms with E-state index in [0.29, 0.717) is 24.6 Å². The van der Waals surface area contributed by atoms with E-state index < -0.39 is 11.7 Å². The topological polar surface area (TPSA) is 77.7 Å². The van der Waals surface area contributed by atoms with E-state index in [4.69, 9.17) is 14.0 Å². The lowest BCUT2D eigenvalue weighted by molar-refractivity contribution is -0.138. The van der Waals surface area contributed by atoms with Crippen LogP contribution >= 0.6 is 0 Å². The molecule has 1 aliphatic rings. The van der Waals surface area contributed by atoms with Crippen LogP contribution in [0.3, 0.4) is 0 Å². The molecule has 1 amide bonds. The van der Waals surface area contributed by atoms with Crippen molar-refractivity contribution in [2.24, 2.45) is 0 Å². The molecule has 0 bridgehead atoms. The number of para-hydroxylation sites is 2. The predicted octanol–water partition coefficient (Wildman–Crippen LogP) is 3.77. The van der Waals surface area contributed by atoms with Crippen LogP contribution in [0.1, 0.15) is 17.4 Å². The van der Waals surface area contributed by atoms with Gasteiger partial charge in [0.25, 0.3) is 5.91 Å². The van der Waals surface area contributed by atoms with Gasteiger partial charge in [-0.3, -0.25) is 4.79 Å². The number of amides is 1. The summed E-state index contributed by atoms with van der Waals surface area (Å²) in [6.07, 6.45) is -4.46. The van der Waals surface area contributed by atoms with E-state index in [-0.39, 0.29) is 35.7 Å². The first kappa shape index (κ1) is 20.7. The fourth-order valence-electron chi connectivity index (χ4n) is 3.16. The van der Waals surface area contributed by atoms with E-state index in [0.717, 1.165) is 12.1 Å². The highest BCUT2D eigenvalue weighted by Crippen LogP contribution is 2.33. The number of halogens is 3. The van der Waals surface area contributed by atoms with Crippen molar-refractivity contribution in [1.29, 1.82) is 0 Å². The number of carbonyl (C=O) groups excluding carboxylic acids is 1. The second-order valence-corrected chi connectivity index (χ2v) is 6.97. The molecule has 162 valence electrons. The number of carbonyl (C=O) groups is 1. The zero-order valence-electron chi connectivity index (χ0n) is 16.4. The molecule has 0 N–H and O–H groups in total. The largest absolute Gasteiger partial charge is 0.493 e. The summed E-state index contributed by atoms with van der Waals surface area (Å²) < 4.78 is 54.6. The summed E-state index contributed by atoms with van der Waals surface area (Å²) in [5.74, 6) is 0.970. The maximum atomic E-state index is 12.9. The van der Waals surface area contributed by atoms with Gasteiger partial charge in [-0.05, 0) is 24.3 Å². The van der Waals surface area contributed by atoms with Gasteiger partial charge in [-0.1, -0.05) is 29.4 Å². The van der Waals surface area contributed by atoms with Crippen LogP contribution in [0.15, 0.2) is 53.1 Å². The van der Waals surface area contributed by atoms with E-state index in [9.17, 15) is 18.0 Å². The normalized spacial score (nSPS) is 14.3. The molecule has 7 nitrogen and oxygen atoms in total. The Hall–Kier alpha value is -3.56. The number of hydrogen-bond acceptors (Lipinski definition) is 6. The van der Waals surface area contributed by atoms with Crippen LogP contribution in [-0.4, -0.2) is 47.8 Å². The van der Waals surface area contributed by atoms with Crippen LogP contribution in [0.2, 0.25) is 0 Å². The van der Waals surface area contributed by atoms with Crippen molar-refractivity contribution in [3.05, 3.63) is 60.0 Å². The molecule has 0 radical (unpaired) electrons. The van der Waals surface area contributed by atoms with Gasteiger partial charge in [-0.25, -0.2) is 0 Å². The standard InChI is InChI=1S/C21H18F3N3O4/c1-29-16-7-2-3-8-17(16)30-12-18(28)27-10-14(11-27)20-25-19(26-31-20)13-5-4-6-15(9-13)21(22,23)24/h2-9,14H,10-12H2,1H3. The second kappa shape index (κ2) is 8.29. The molecule has 1 aromatic heterocycles. The number of hydrogen-bond donors (Lipinski definition) is 0. The molecule has 1 fully saturated rings. The second-order valence-electron chi connectivity index (χ2n) is 6.97. The maximum Gasteiger partial charge on any atom is 0.416 e. The monoisotopic (exact) mass is 433 g/mol. The van der Waals surface area contributed by atoms with Crippen LogP contribution in [0.4, 0.5) is 13.2 Å². The molecule has 0 unspecified atom stereocenters. The lowest BCUT2D eigenvalue weighted by atomic mass is 10.00. The Morgan fingerprint density at radius 1 is 1.16 bits per heavy atom. The Morgan fingerprint density at radius 2 is 1.90 bits per heavy atom. The number of alkyl halides is 3. The number of ether oxygens (including phenoxy) is 2. The number of rotatable bonds is 6. The first-order chi connectivity index (χ1) is 14.8. The minimum absolute atomic E-state index is 0.0744. The van der Waals surface area contributed by atoms with Crippen molar-refractivity contribution < 1.29 is 32.0 Å². The Kier molecular flexibility index (Phi) is 5.53. The third-order valence-electron chi connectivity index (χ3n) is 4.89. The number of aromatic nitrogens is 2. The SMILES string of the molecule is COc1ccccc1OCC(=O)N1CC(c2nc(-c3cccc(C(F)(F)F)c3)no2)C1. The fraction of sp³-hybridized carbons (Fsp3) is 0.286. The summed E-state index contributed by atoms with van der Waals surface area (Å²) in [4.78, 5) is 18.1. The van der Waals surface area contributed by atoms with Gasteiger partial charge in [0.05, 0.1) is 18.6 Å². The Bertz CT molecular complexity index is 1080. The third-order valence-corrected chi connectivity index (χ3v) is 4.89. The van der Waals surface area contributed by atoms with Crippen molar-refractivity contribution in [2.45, 2.75) is 12.1 Å². The van der Waals surface area contributed by atoms with E-state index in [2.05, 4.69) is 10.1 Å². The summed E-state index contributed by atoms with van der Waals surface area (Å²) in [6, 6.07) is 11.7. The third kappa shape index (κ3) is 4.47. The molecule has 2 heterocycles. The first-order valence-electron chi connectivity index (χ1n) is 9.40. The summed E-state index contributed by atoms with van der Waals surface area (Å²) in [6.45, 7) is 0.573. The Balaban J connectivity index is 1.34. The Morgan fingerprint density at radius 3 is 2.61 bits per heavy atom. The zero-order chi connectivity index (χ0) is 22.0. The van der Waals surface area contributed by atoms with Crippen LogP contribution in [0.5, 0.6) is 11.5 Å². The van der Waals surface area contributed by atoms with E-state index in [1.54, 1.807) is 29.2 Å². The van der Waals surface area contributed by atoms with Gasteiger partial charge in [0.15, 0.2) is 18.1 Å². The van der Waals surface area contributed by atoms with Crippen molar-refractivity contribution in [3.63, 3.8) is 0 Å². The molecular weight excluding hydrogens is 415 g/mol. The van der Waals surface area contributed by atoms with Crippen molar-refractivity contribution in [1.82, 2.24) is 15.0 Å². The summed E-state index contributed by atoms with van der Waals surface area (Å²) in [5.41, 5.74) is -0.575. The fourth-order valence-corrected chi connectivity index (χ4v) is 3.16. The molecule has 10 heteroatoms. The van der Waals surface area contributed by atoms with Gasteiger partial charge >= 0.3 is 6.18 Å². The lowest BCUT2D eigenvalue weighted by Crippen LogP contribution is -2.50. The summed E-state index contributed by atoms with van der Waals surface area (Å²) in [5, 5.41) is 3.78. The van der Waals surface area contributed by atoms with E-state index in [1.165, 1.54) is 19.2 Å². The average molecular weight is 433 g/mol. The minimum atomic E-state index is -4.46. The van der Waals surface area contributed by atoms with Crippen LogP contribution in [0.25, 0.3) is 11.4 Å². The molecular formula is C21H18F3N3O4. The molecule has 0 spiro atoms. The summed E-state index contributed by atoms with van der Waals surface area (Å²) >= 11 is 0. The highest BCUT2D eigenvalue weighted by atomic mass is 19.4. The number of nitrogens with zero attached hydrogens (tertiary/aromatic N) is 3. The molecule has 3 aromatic rings. The molecule has 0 aliphatic carbocycles. The number of benzene rings is 2. The molecule has 1 aliphatic heterocycles. The van der Waals surface area contributed by atoms with E-state index >= 15 is 0 Å². The van der Waals surface area contributed by atoms with Crippen molar-refractivity contribution in [3.8, 4) is 22.9 Å². The molecule has 4 rings (SSSR count). The van der Waals surface area contributed by atoms with Crippen LogP contribution in [0, 0.1) is 0 Å². The highest BCUT2D eigenvalue weighted by Gasteiger charge is 2.36. The van der Waals surface area contributed by atoms with Gasteiger partial charge in [-0.2, -0.15) is 18.2 Å². The number of likely N-dealkylation sites (tertiary alicyclic amines) is 1. The first-order valence-corrected chi connectivity index (χ1v) is 9.40. The maximum absolute atomic E-state index is 12.9. The van der Waals surface area contributed by atoms with Gasteiger partial charge in [0, 0.05) is 18.7 Å². The molecule has 0 atom stereocenters. The van der Waals surface area contributed by atoms with Gasteiger partial charge in [-0.15, -0.1) is 0 Å². The summed E-state index contributed by atoms with van der Waals surface area (Å²) in [7, 11) is 1.52. The molecule has 1 saturated heterocycles. The van der Waals surface area contributed by atoms with Crippen LogP contribution < -0.4 is 9.47 Å². The average Bonchev–Trinajstić information content (AvgIpc) is 3.20. The van der Waals surface area contributed by atoms with Gasteiger partial charge < -0.3 is 18.9 Å². The van der Waals surface area contributed by atoms with Crippen LogP contribution in [-0.2, 0) is 11.0 Å². The number of methoxy groups -OCH3 is 1. The quantitative estimate of drug-likeness (QED) is 0.589. The highest BCUT2D eigenvalue weighted by molar-refractivity contribution is 5.79. The van der Waals surface area contributed by atoms with Gasteiger partial charge in [0.2, 0.25) is 11.7 Å². The smallest absolute Gasteiger partial charge is 0.416 e. The predicted molar refractivity (Wildman–Crippen MR) is 103 cm³/mol. The molecule has 0 saturated carbocycles. The molecule has 31 heavy (non-hydrogen) atoms.